The number of amides is 1. The van der Waals surface area contributed by atoms with Crippen LogP contribution in [0.1, 0.15) is 25.6 Å². The van der Waals surface area contributed by atoms with Crippen molar-refractivity contribution in [2.75, 3.05) is 38.7 Å². The Labute approximate surface area is 153 Å². The van der Waals surface area contributed by atoms with Crippen LogP contribution in [0.3, 0.4) is 0 Å². The zero-order valence-electron chi connectivity index (χ0n) is 15.6. The van der Waals surface area contributed by atoms with Gasteiger partial charge in [-0.15, -0.1) is 0 Å². The van der Waals surface area contributed by atoms with Crippen LogP contribution in [0.15, 0.2) is 24.9 Å². The molecule has 138 valence electrons. The molecule has 1 fully saturated rings. The third kappa shape index (κ3) is 3.80. The van der Waals surface area contributed by atoms with Crippen molar-refractivity contribution in [2.45, 2.75) is 20.0 Å². The quantitative estimate of drug-likeness (QED) is 0.822. The first kappa shape index (κ1) is 18.2. The minimum Gasteiger partial charge on any atom is -0.368 e. The molecule has 3 heterocycles. The molecule has 0 unspecified atom stereocenters. The van der Waals surface area contributed by atoms with Gasteiger partial charge >= 0.3 is 0 Å². The molecular weight excluding hydrogens is 332 g/mol. The molecule has 1 atom stereocenters. The first-order chi connectivity index (χ1) is 12.5. The SMILES string of the molecule is CC(C)C(=O)N1CCO[C@H](c2nc(N(C)C)ncc2-c2cncnc2)C1. The topological polar surface area (TPSA) is 84.3 Å². The summed E-state index contributed by atoms with van der Waals surface area (Å²) in [5, 5.41) is 0. The van der Waals surface area contributed by atoms with E-state index in [1.807, 2.05) is 37.7 Å². The number of morpholine rings is 1. The first-order valence-electron chi connectivity index (χ1n) is 8.67. The molecule has 8 heteroatoms. The molecule has 0 aromatic carbocycles. The van der Waals surface area contributed by atoms with E-state index in [4.69, 9.17) is 9.72 Å². The number of hydrogen-bond donors (Lipinski definition) is 0. The van der Waals surface area contributed by atoms with Gasteiger partial charge < -0.3 is 14.5 Å². The van der Waals surface area contributed by atoms with Crippen LogP contribution in [-0.4, -0.2) is 64.5 Å². The van der Waals surface area contributed by atoms with Crippen LogP contribution in [0, 0.1) is 5.92 Å². The van der Waals surface area contributed by atoms with E-state index in [-0.39, 0.29) is 17.9 Å². The summed E-state index contributed by atoms with van der Waals surface area (Å²) in [6.07, 6.45) is 6.39. The minimum absolute atomic E-state index is 0.0431. The normalized spacial score (nSPS) is 17.4. The van der Waals surface area contributed by atoms with Crippen LogP contribution in [0.25, 0.3) is 11.1 Å². The van der Waals surface area contributed by atoms with E-state index < -0.39 is 0 Å². The molecule has 0 aliphatic carbocycles. The average Bonchev–Trinajstić information content (AvgIpc) is 2.67. The second-order valence-electron chi connectivity index (χ2n) is 6.79. The van der Waals surface area contributed by atoms with E-state index in [1.54, 1.807) is 18.6 Å². The van der Waals surface area contributed by atoms with Gasteiger partial charge in [0.2, 0.25) is 11.9 Å². The third-order valence-corrected chi connectivity index (χ3v) is 4.25. The van der Waals surface area contributed by atoms with E-state index in [2.05, 4.69) is 15.0 Å². The first-order valence-corrected chi connectivity index (χ1v) is 8.67. The van der Waals surface area contributed by atoms with Gasteiger partial charge in [0, 0.05) is 56.3 Å². The number of hydrogen-bond acceptors (Lipinski definition) is 7. The smallest absolute Gasteiger partial charge is 0.225 e. The fourth-order valence-electron chi connectivity index (χ4n) is 2.89. The Bertz CT molecular complexity index is 766. The molecule has 0 N–H and O–H groups in total. The van der Waals surface area contributed by atoms with Crippen LogP contribution in [0.4, 0.5) is 5.95 Å². The second kappa shape index (κ2) is 7.74. The van der Waals surface area contributed by atoms with Crippen molar-refractivity contribution < 1.29 is 9.53 Å². The molecule has 0 radical (unpaired) electrons. The summed E-state index contributed by atoms with van der Waals surface area (Å²) < 4.78 is 5.98. The van der Waals surface area contributed by atoms with E-state index in [0.717, 1.165) is 16.8 Å². The van der Waals surface area contributed by atoms with Crippen molar-refractivity contribution in [3.63, 3.8) is 0 Å². The van der Waals surface area contributed by atoms with Gasteiger partial charge in [-0.05, 0) is 0 Å². The lowest BCUT2D eigenvalue weighted by Crippen LogP contribution is -2.44. The van der Waals surface area contributed by atoms with E-state index in [9.17, 15) is 4.79 Å². The van der Waals surface area contributed by atoms with Crippen LogP contribution in [-0.2, 0) is 9.53 Å². The van der Waals surface area contributed by atoms with Gasteiger partial charge in [-0.3, -0.25) is 4.79 Å². The van der Waals surface area contributed by atoms with Crippen molar-refractivity contribution in [2.24, 2.45) is 5.92 Å². The molecule has 1 amide bonds. The van der Waals surface area contributed by atoms with Gasteiger partial charge in [0.1, 0.15) is 12.4 Å². The number of nitrogens with zero attached hydrogens (tertiary/aromatic N) is 6. The van der Waals surface area contributed by atoms with Crippen LogP contribution in [0.5, 0.6) is 0 Å². The van der Waals surface area contributed by atoms with E-state index >= 15 is 0 Å². The lowest BCUT2D eigenvalue weighted by Gasteiger charge is -2.34. The third-order valence-electron chi connectivity index (χ3n) is 4.25. The van der Waals surface area contributed by atoms with Gasteiger partial charge in [-0.2, -0.15) is 0 Å². The van der Waals surface area contributed by atoms with Crippen LogP contribution < -0.4 is 4.90 Å². The van der Waals surface area contributed by atoms with Gasteiger partial charge in [0.05, 0.1) is 18.8 Å². The Morgan fingerprint density at radius 1 is 1.27 bits per heavy atom. The zero-order valence-corrected chi connectivity index (χ0v) is 15.6. The van der Waals surface area contributed by atoms with Gasteiger partial charge in [0.15, 0.2) is 0 Å². The summed E-state index contributed by atoms with van der Waals surface area (Å²) >= 11 is 0. The Kier molecular flexibility index (Phi) is 5.41. The number of anilines is 1. The fraction of sp³-hybridized carbons (Fsp3) is 0.500. The highest BCUT2D eigenvalue weighted by Gasteiger charge is 2.30. The summed E-state index contributed by atoms with van der Waals surface area (Å²) in [5.74, 6) is 0.680. The predicted octanol–water partition coefficient (Wildman–Crippen LogP) is 1.56. The van der Waals surface area contributed by atoms with E-state index in [1.165, 1.54) is 6.33 Å². The Morgan fingerprint density at radius 3 is 2.65 bits per heavy atom. The fourth-order valence-corrected chi connectivity index (χ4v) is 2.89. The van der Waals surface area contributed by atoms with Crippen molar-refractivity contribution in [3.8, 4) is 11.1 Å². The van der Waals surface area contributed by atoms with Gasteiger partial charge in [-0.1, -0.05) is 13.8 Å². The Morgan fingerprint density at radius 2 is 2.00 bits per heavy atom. The minimum atomic E-state index is -0.316. The maximum Gasteiger partial charge on any atom is 0.225 e. The number of aromatic nitrogens is 4. The molecule has 1 aliphatic heterocycles. The molecule has 1 aliphatic rings. The van der Waals surface area contributed by atoms with Crippen molar-refractivity contribution in [3.05, 3.63) is 30.6 Å². The molecule has 0 spiro atoms. The maximum absolute atomic E-state index is 12.4. The summed E-state index contributed by atoms with van der Waals surface area (Å²) in [4.78, 5) is 33.4. The molecule has 3 rings (SSSR count). The van der Waals surface area contributed by atoms with Gasteiger partial charge in [-0.25, -0.2) is 19.9 Å². The molecule has 1 saturated heterocycles. The Balaban J connectivity index is 1.99. The monoisotopic (exact) mass is 356 g/mol. The number of ether oxygens (including phenoxy) is 1. The lowest BCUT2D eigenvalue weighted by atomic mass is 10.0. The maximum atomic E-state index is 12.4. The number of carbonyl (C=O) groups is 1. The predicted molar refractivity (Wildman–Crippen MR) is 97.5 cm³/mol. The summed E-state index contributed by atoms with van der Waals surface area (Å²) in [6.45, 7) is 5.38. The molecule has 0 saturated carbocycles. The van der Waals surface area contributed by atoms with Crippen molar-refractivity contribution >= 4 is 11.9 Å². The molecule has 2 aromatic rings. The van der Waals surface area contributed by atoms with Crippen molar-refractivity contribution in [1.29, 1.82) is 0 Å². The molecular formula is C18H24N6O2. The number of rotatable bonds is 4. The summed E-state index contributed by atoms with van der Waals surface area (Å²) in [7, 11) is 3.78. The molecule has 8 nitrogen and oxygen atoms in total. The molecule has 0 bridgehead atoms. The molecule has 26 heavy (non-hydrogen) atoms. The Hall–Kier alpha value is -2.61. The van der Waals surface area contributed by atoms with Gasteiger partial charge in [0.25, 0.3) is 0 Å². The highest BCUT2D eigenvalue weighted by atomic mass is 16.5. The molecule has 2 aromatic heterocycles. The highest BCUT2D eigenvalue weighted by Crippen LogP contribution is 2.31. The zero-order chi connectivity index (χ0) is 18.7. The number of carbonyl (C=O) groups excluding carboxylic acids is 1. The van der Waals surface area contributed by atoms with E-state index in [0.29, 0.717) is 25.6 Å². The van der Waals surface area contributed by atoms with Crippen molar-refractivity contribution in [1.82, 2.24) is 24.8 Å². The lowest BCUT2D eigenvalue weighted by molar-refractivity contribution is -0.142. The summed E-state index contributed by atoms with van der Waals surface area (Å²) in [5.41, 5.74) is 2.39. The van der Waals surface area contributed by atoms with Crippen LogP contribution in [0.2, 0.25) is 0 Å². The average molecular weight is 356 g/mol. The summed E-state index contributed by atoms with van der Waals surface area (Å²) in [6, 6.07) is 0. The second-order valence-corrected chi connectivity index (χ2v) is 6.79. The highest BCUT2D eigenvalue weighted by molar-refractivity contribution is 5.78. The largest absolute Gasteiger partial charge is 0.368 e. The van der Waals surface area contributed by atoms with Crippen LogP contribution >= 0.6 is 0 Å². The standard InChI is InChI=1S/C18H24N6O2/c1-12(2)17(25)24-5-6-26-15(10-24)16-14(13-7-19-11-20-8-13)9-21-18(22-16)23(3)4/h7-9,11-12,15H,5-6,10H2,1-4H3/t15-/m0/s1.